The Morgan fingerprint density at radius 1 is 1.26 bits per heavy atom. The van der Waals surface area contributed by atoms with Crippen LogP contribution in [0.5, 0.6) is 0 Å². The maximum absolute atomic E-state index is 2.52. The molecule has 4 atom stereocenters. The molecule has 23 heavy (non-hydrogen) atoms. The number of hydrogen-bond donors (Lipinski definition) is 0. The third-order valence-corrected chi connectivity index (χ3v) is 6.43. The topological polar surface area (TPSA) is 0 Å². The van der Waals surface area contributed by atoms with Crippen LogP contribution in [0.1, 0.15) is 93.4 Å². The minimum Gasteiger partial charge on any atom is -0.0840 e. The lowest BCUT2D eigenvalue weighted by molar-refractivity contribution is 0.111. The average molecular weight is 319 g/mol. The van der Waals surface area contributed by atoms with Crippen molar-refractivity contribution in [2.24, 2.45) is 29.1 Å². The standard InChI is InChI=1S/C23H42/c1-8-11-18(2)12-9-13-19(3)15-16-22-21(5)20(4)14-10-17-23(22,6)7/h9,11-12,19-22H,8,10,13-17H2,1-7H3/b12-9-,18-11-. The Bertz CT molecular complexity index is 385. The van der Waals surface area contributed by atoms with Gasteiger partial charge >= 0.3 is 0 Å². The summed E-state index contributed by atoms with van der Waals surface area (Å²) in [5, 5.41) is 0. The number of rotatable bonds is 7. The second kappa shape index (κ2) is 9.70. The molecule has 0 heterocycles. The fourth-order valence-electron chi connectivity index (χ4n) is 4.55. The van der Waals surface area contributed by atoms with Crippen LogP contribution in [0.25, 0.3) is 0 Å². The molecule has 0 radical (unpaired) electrons. The van der Waals surface area contributed by atoms with Gasteiger partial charge in [-0.05, 0) is 61.7 Å². The first-order valence-corrected chi connectivity index (χ1v) is 10.1. The monoisotopic (exact) mass is 318 g/mol. The molecule has 0 aromatic carbocycles. The van der Waals surface area contributed by atoms with Crippen molar-refractivity contribution in [1.82, 2.24) is 0 Å². The molecule has 1 rings (SSSR count). The van der Waals surface area contributed by atoms with Gasteiger partial charge in [0.2, 0.25) is 0 Å². The Kier molecular flexibility index (Phi) is 8.65. The lowest BCUT2D eigenvalue weighted by Gasteiger charge is -2.38. The lowest BCUT2D eigenvalue weighted by atomic mass is 9.67. The van der Waals surface area contributed by atoms with Gasteiger partial charge in [0, 0.05) is 0 Å². The highest BCUT2D eigenvalue weighted by Crippen LogP contribution is 2.47. The van der Waals surface area contributed by atoms with Gasteiger partial charge in [-0.25, -0.2) is 0 Å². The van der Waals surface area contributed by atoms with E-state index >= 15 is 0 Å². The van der Waals surface area contributed by atoms with E-state index in [1.54, 1.807) is 0 Å². The Morgan fingerprint density at radius 2 is 1.96 bits per heavy atom. The van der Waals surface area contributed by atoms with Crippen LogP contribution >= 0.6 is 0 Å². The zero-order valence-corrected chi connectivity index (χ0v) is 17.0. The fraction of sp³-hybridized carbons (Fsp3) is 0.826. The van der Waals surface area contributed by atoms with Gasteiger partial charge in [0.25, 0.3) is 0 Å². The maximum atomic E-state index is 2.52. The highest BCUT2D eigenvalue weighted by atomic mass is 14.4. The van der Waals surface area contributed by atoms with Crippen LogP contribution in [-0.2, 0) is 0 Å². The summed E-state index contributed by atoms with van der Waals surface area (Å²) in [5.41, 5.74) is 1.94. The van der Waals surface area contributed by atoms with Crippen LogP contribution in [0, 0.1) is 29.1 Å². The van der Waals surface area contributed by atoms with Crippen LogP contribution in [0.4, 0.5) is 0 Å². The van der Waals surface area contributed by atoms with Gasteiger partial charge in [0.05, 0.1) is 0 Å². The van der Waals surface area contributed by atoms with E-state index in [2.05, 4.69) is 66.7 Å². The molecular weight excluding hydrogens is 276 g/mol. The molecule has 4 unspecified atom stereocenters. The Morgan fingerprint density at radius 3 is 2.61 bits per heavy atom. The summed E-state index contributed by atoms with van der Waals surface area (Å²) in [6.07, 6.45) is 16.4. The Labute approximate surface area is 146 Å². The zero-order valence-electron chi connectivity index (χ0n) is 17.0. The van der Waals surface area contributed by atoms with Gasteiger partial charge in [-0.1, -0.05) is 84.6 Å². The van der Waals surface area contributed by atoms with Crippen LogP contribution in [0.2, 0.25) is 0 Å². The summed E-state index contributed by atoms with van der Waals surface area (Å²) >= 11 is 0. The van der Waals surface area contributed by atoms with Crippen molar-refractivity contribution in [3.8, 4) is 0 Å². The first-order chi connectivity index (χ1) is 10.8. The third kappa shape index (κ3) is 6.86. The van der Waals surface area contributed by atoms with E-state index in [4.69, 9.17) is 0 Å². The normalized spacial score (nSPS) is 30.4. The largest absolute Gasteiger partial charge is 0.0840 e. The van der Waals surface area contributed by atoms with Crippen molar-refractivity contribution in [2.75, 3.05) is 0 Å². The van der Waals surface area contributed by atoms with Crippen molar-refractivity contribution in [3.05, 3.63) is 23.8 Å². The molecular formula is C23H42. The lowest BCUT2D eigenvalue weighted by Crippen LogP contribution is -2.30. The van der Waals surface area contributed by atoms with E-state index in [1.807, 2.05) is 0 Å². The van der Waals surface area contributed by atoms with Gasteiger partial charge in [-0.2, -0.15) is 0 Å². The smallest absolute Gasteiger partial charge is 0.0322 e. The van der Waals surface area contributed by atoms with E-state index in [9.17, 15) is 0 Å². The minimum absolute atomic E-state index is 0.528. The minimum atomic E-state index is 0.528. The van der Waals surface area contributed by atoms with Gasteiger partial charge in [0.15, 0.2) is 0 Å². The van der Waals surface area contributed by atoms with E-state index in [0.717, 1.165) is 30.1 Å². The van der Waals surface area contributed by atoms with Crippen molar-refractivity contribution in [3.63, 3.8) is 0 Å². The van der Waals surface area contributed by atoms with Crippen LogP contribution < -0.4 is 0 Å². The zero-order chi connectivity index (χ0) is 17.5. The maximum Gasteiger partial charge on any atom is -0.0322 e. The first-order valence-electron chi connectivity index (χ1n) is 10.1. The number of hydrogen-bond acceptors (Lipinski definition) is 0. The van der Waals surface area contributed by atoms with Crippen molar-refractivity contribution >= 4 is 0 Å². The molecule has 134 valence electrons. The quantitative estimate of drug-likeness (QED) is 0.332. The van der Waals surface area contributed by atoms with Crippen LogP contribution in [0.3, 0.4) is 0 Å². The second-order valence-electron chi connectivity index (χ2n) is 9.00. The molecule has 0 spiro atoms. The van der Waals surface area contributed by atoms with Gasteiger partial charge in [-0.15, -0.1) is 0 Å². The molecule has 1 fully saturated rings. The molecule has 0 nitrogen and oxygen atoms in total. The first kappa shape index (κ1) is 20.5. The van der Waals surface area contributed by atoms with Gasteiger partial charge in [0.1, 0.15) is 0 Å². The van der Waals surface area contributed by atoms with Crippen molar-refractivity contribution in [2.45, 2.75) is 93.4 Å². The van der Waals surface area contributed by atoms with E-state index in [-0.39, 0.29) is 0 Å². The molecule has 0 heteroatoms. The predicted octanol–water partition coefficient (Wildman–Crippen LogP) is 7.80. The molecule has 0 aliphatic heterocycles. The Hall–Kier alpha value is -0.520. The molecule has 0 aromatic rings. The summed E-state index contributed by atoms with van der Waals surface area (Å²) in [5.74, 6) is 3.49. The van der Waals surface area contributed by atoms with Gasteiger partial charge < -0.3 is 0 Å². The Balaban J connectivity index is 2.52. The molecule has 0 aromatic heterocycles. The van der Waals surface area contributed by atoms with Crippen molar-refractivity contribution in [1.29, 1.82) is 0 Å². The summed E-state index contributed by atoms with van der Waals surface area (Å²) in [6, 6.07) is 0. The third-order valence-electron chi connectivity index (χ3n) is 6.43. The predicted molar refractivity (Wildman–Crippen MR) is 106 cm³/mol. The fourth-order valence-corrected chi connectivity index (χ4v) is 4.55. The average Bonchev–Trinajstić information content (AvgIpc) is 2.55. The van der Waals surface area contributed by atoms with E-state index < -0.39 is 0 Å². The summed E-state index contributed by atoms with van der Waals surface area (Å²) in [6.45, 7) is 16.9. The molecule has 1 aliphatic carbocycles. The number of allylic oxidation sites excluding steroid dienone is 4. The second-order valence-corrected chi connectivity index (χ2v) is 9.00. The SMILES string of the molecule is CC/C=C(C)\C=C/CC(C)CCC1C(C)C(C)CCCC1(C)C. The van der Waals surface area contributed by atoms with Crippen LogP contribution in [0.15, 0.2) is 23.8 Å². The summed E-state index contributed by atoms with van der Waals surface area (Å²) in [4.78, 5) is 0. The highest BCUT2D eigenvalue weighted by molar-refractivity contribution is 5.15. The highest BCUT2D eigenvalue weighted by Gasteiger charge is 2.37. The van der Waals surface area contributed by atoms with E-state index in [0.29, 0.717) is 5.41 Å². The van der Waals surface area contributed by atoms with Gasteiger partial charge in [-0.3, -0.25) is 0 Å². The molecule has 1 saturated carbocycles. The van der Waals surface area contributed by atoms with E-state index in [1.165, 1.54) is 44.1 Å². The molecule has 0 amide bonds. The molecule has 0 bridgehead atoms. The van der Waals surface area contributed by atoms with Crippen LogP contribution in [-0.4, -0.2) is 0 Å². The summed E-state index contributed by atoms with van der Waals surface area (Å²) < 4.78 is 0. The molecule has 0 N–H and O–H groups in total. The summed E-state index contributed by atoms with van der Waals surface area (Å²) in [7, 11) is 0. The molecule has 1 aliphatic rings. The van der Waals surface area contributed by atoms with Crippen molar-refractivity contribution < 1.29 is 0 Å². The molecule has 0 saturated heterocycles.